The van der Waals surface area contributed by atoms with Crippen LogP contribution >= 0.6 is 15.9 Å². The summed E-state index contributed by atoms with van der Waals surface area (Å²) in [6.45, 7) is 3.67. The van der Waals surface area contributed by atoms with Crippen LogP contribution in [0.4, 0.5) is 5.95 Å². The van der Waals surface area contributed by atoms with Crippen molar-refractivity contribution in [3.8, 4) is 0 Å². The van der Waals surface area contributed by atoms with Crippen molar-refractivity contribution in [1.29, 1.82) is 0 Å². The van der Waals surface area contributed by atoms with Gasteiger partial charge in [-0.05, 0) is 23.0 Å². The molecule has 0 amide bonds. The fraction of sp³-hybridized carbons (Fsp3) is 0.636. The molecule has 92 valence electrons. The molecule has 2 aliphatic heterocycles. The van der Waals surface area contributed by atoms with Gasteiger partial charge in [-0.25, -0.2) is 9.97 Å². The minimum Gasteiger partial charge on any atom is -0.373 e. The maximum Gasteiger partial charge on any atom is 0.225 e. The predicted octanol–water partition coefficient (Wildman–Crippen LogP) is 0.758. The third-order valence-electron chi connectivity index (χ3n) is 3.47. The summed E-state index contributed by atoms with van der Waals surface area (Å²) >= 11 is 3.35. The average Bonchev–Trinajstić information content (AvgIpc) is 2.75. The molecule has 0 radical (unpaired) electrons. The lowest BCUT2D eigenvalue weighted by Crippen LogP contribution is -2.48. The summed E-state index contributed by atoms with van der Waals surface area (Å²) in [5.41, 5.74) is 0. The molecule has 6 heteroatoms. The maximum absolute atomic E-state index is 5.80. The number of fused-ring (bicyclic) bond motifs is 1. The molecule has 0 bridgehead atoms. The Bertz CT molecular complexity index is 399. The van der Waals surface area contributed by atoms with Crippen molar-refractivity contribution in [2.75, 3.05) is 38.2 Å². The van der Waals surface area contributed by atoms with Crippen molar-refractivity contribution in [3.63, 3.8) is 0 Å². The minimum absolute atomic E-state index is 0.293. The number of hydrogen-bond acceptors (Lipinski definition) is 5. The monoisotopic (exact) mass is 298 g/mol. The van der Waals surface area contributed by atoms with Crippen LogP contribution in [-0.2, 0) is 4.74 Å². The standard InChI is InChI=1S/C11H15BrN4O/c1-15-2-3-17-10-7-16(6-9(10)15)11-13-4-8(12)5-14-11/h4-5,9-10H,2-3,6-7H2,1H3. The van der Waals surface area contributed by atoms with E-state index < -0.39 is 0 Å². The molecule has 0 aliphatic carbocycles. The molecule has 3 rings (SSSR count). The van der Waals surface area contributed by atoms with Gasteiger partial charge < -0.3 is 9.64 Å². The maximum atomic E-state index is 5.80. The van der Waals surface area contributed by atoms with Crippen LogP contribution in [0.25, 0.3) is 0 Å². The molecule has 5 nitrogen and oxygen atoms in total. The Morgan fingerprint density at radius 3 is 2.82 bits per heavy atom. The molecule has 0 aromatic carbocycles. The zero-order chi connectivity index (χ0) is 11.8. The van der Waals surface area contributed by atoms with Gasteiger partial charge in [-0.1, -0.05) is 0 Å². The molecular weight excluding hydrogens is 284 g/mol. The zero-order valence-corrected chi connectivity index (χ0v) is 11.3. The van der Waals surface area contributed by atoms with Crippen LogP contribution in [0.2, 0.25) is 0 Å². The Labute approximate surface area is 109 Å². The van der Waals surface area contributed by atoms with Crippen LogP contribution in [0.1, 0.15) is 0 Å². The van der Waals surface area contributed by atoms with Crippen molar-refractivity contribution >= 4 is 21.9 Å². The van der Waals surface area contributed by atoms with E-state index in [4.69, 9.17) is 4.74 Å². The molecule has 3 heterocycles. The molecular formula is C11H15BrN4O. The number of nitrogens with zero attached hydrogens (tertiary/aromatic N) is 4. The average molecular weight is 299 g/mol. The first-order valence-electron chi connectivity index (χ1n) is 5.78. The van der Waals surface area contributed by atoms with Gasteiger partial charge in [0.25, 0.3) is 0 Å². The van der Waals surface area contributed by atoms with E-state index >= 15 is 0 Å². The Balaban J connectivity index is 1.76. The molecule has 0 N–H and O–H groups in total. The topological polar surface area (TPSA) is 41.5 Å². The predicted molar refractivity (Wildman–Crippen MR) is 68.1 cm³/mol. The van der Waals surface area contributed by atoms with Gasteiger partial charge in [0.2, 0.25) is 5.95 Å². The summed E-state index contributed by atoms with van der Waals surface area (Å²) < 4.78 is 6.71. The summed E-state index contributed by atoms with van der Waals surface area (Å²) in [7, 11) is 2.16. The van der Waals surface area contributed by atoms with Crippen LogP contribution in [0, 0.1) is 0 Å². The molecule has 2 atom stereocenters. The van der Waals surface area contributed by atoms with Gasteiger partial charge in [0.1, 0.15) is 0 Å². The summed E-state index contributed by atoms with van der Waals surface area (Å²) in [5, 5.41) is 0. The first-order chi connectivity index (χ1) is 8.24. The van der Waals surface area contributed by atoms with E-state index in [1.807, 2.05) is 0 Å². The lowest BCUT2D eigenvalue weighted by atomic mass is 10.1. The third-order valence-corrected chi connectivity index (χ3v) is 3.88. The Morgan fingerprint density at radius 1 is 1.35 bits per heavy atom. The molecule has 17 heavy (non-hydrogen) atoms. The van der Waals surface area contributed by atoms with Gasteiger partial charge in [-0.2, -0.15) is 0 Å². The number of halogens is 1. The third kappa shape index (κ3) is 2.17. The van der Waals surface area contributed by atoms with E-state index in [1.165, 1.54) is 0 Å². The van der Waals surface area contributed by atoms with E-state index in [9.17, 15) is 0 Å². The molecule has 0 spiro atoms. The number of likely N-dealkylation sites (N-methyl/N-ethyl adjacent to an activating group) is 1. The Morgan fingerprint density at radius 2 is 2.12 bits per heavy atom. The highest BCUT2D eigenvalue weighted by Crippen LogP contribution is 2.24. The quantitative estimate of drug-likeness (QED) is 0.766. The Kier molecular flexibility index (Phi) is 3.02. The van der Waals surface area contributed by atoms with Crippen molar-refractivity contribution in [1.82, 2.24) is 14.9 Å². The van der Waals surface area contributed by atoms with Gasteiger partial charge in [0, 0.05) is 32.0 Å². The van der Waals surface area contributed by atoms with Crippen LogP contribution in [0.15, 0.2) is 16.9 Å². The lowest BCUT2D eigenvalue weighted by molar-refractivity contribution is -0.0362. The van der Waals surface area contributed by atoms with Gasteiger partial charge in [0.15, 0.2) is 0 Å². The fourth-order valence-electron chi connectivity index (χ4n) is 2.49. The van der Waals surface area contributed by atoms with E-state index in [-0.39, 0.29) is 0 Å². The molecule has 0 saturated carbocycles. The summed E-state index contributed by atoms with van der Waals surface area (Å²) in [6.07, 6.45) is 3.87. The molecule has 2 fully saturated rings. The highest BCUT2D eigenvalue weighted by molar-refractivity contribution is 9.10. The van der Waals surface area contributed by atoms with Crippen molar-refractivity contribution in [2.24, 2.45) is 0 Å². The summed E-state index contributed by atoms with van der Waals surface area (Å²) in [4.78, 5) is 13.2. The fourth-order valence-corrected chi connectivity index (χ4v) is 2.69. The highest BCUT2D eigenvalue weighted by atomic mass is 79.9. The molecule has 2 unspecified atom stereocenters. The second-order valence-electron chi connectivity index (χ2n) is 4.56. The number of ether oxygens (including phenoxy) is 1. The number of rotatable bonds is 1. The van der Waals surface area contributed by atoms with E-state index in [1.54, 1.807) is 12.4 Å². The van der Waals surface area contributed by atoms with E-state index in [0.717, 1.165) is 36.7 Å². The van der Waals surface area contributed by atoms with Crippen LogP contribution in [0.5, 0.6) is 0 Å². The number of hydrogen-bond donors (Lipinski definition) is 0. The van der Waals surface area contributed by atoms with E-state index in [2.05, 4.69) is 42.7 Å². The first kappa shape index (κ1) is 11.4. The highest BCUT2D eigenvalue weighted by Gasteiger charge is 2.39. The van der Waals surface area contributed by atoms with Crippen molar-refractivity contribution < 1.29 is 4.74 Å². The number of anilines is 1. The normalized spacial score (nSPS) is 29.4. The molecule has 1 aromatic heterocycles. The van der Waals surface area contributed by atoms with Gasteiger partial charge in [0.05, 0.1) is 23.2 Å². The lowest BCUT2D eigenvalue weighted by Gasteiger charge is -2.33. The summed E-state index contributed by atoms with van der Waals surface area (Å²) in [5.74, 6) is 0.791. The van der Waals surface area contributed by atoms with Gasteiger partial charge in [-0.3, -0.25) is 4.90 Å². The largest absolute Gasteiger partial charge is 0.373 e. The Hall–Kier alpha value is -0.720. The first-order valence-corrected chi connectivity index (χ1v) is 6.57. The summed E-state index contributed by atoms with van der Waals surface area (Å²) in [6, 6.07) is 0.469. The minimum atomic E-state index is 0.293. The van der Waals surface area contributed by atoms with Crippen LogP contribution in [-0.4, -0.2) is 60.3 Å². The smallest absolute Gasteiger partial charge is 0.225 e. The van der Waals surface area contributed by atoms with Gasteiger partial charge >= 0.3 is 0 Å². The van der Waals surface area contributed by atoms with Crippen LogP contribution < -0.4 is 4.90 Å². The second kappa shape index (κ2) is 4.51. The SMILES string of the molecule is CN1CCOC2CN(c3ncc(Br)cn3)CC21. The molecule has 1 aromatic rings. The van der Waals surface area contributed by atoms with Crippen LogP contribution in [0.3, 0.4) is 0 Å². The van der Waals surface area contributed by atoms with Gasteiger partial charge in [-0.15, -0.1) is 0 Å². The number of aromatic nitrogens is 2. The van der Waals surface area contributed by atoms with Crippen molar-refractivity contribution in [3.05, 3.63) is 16.9 Å². The molecule has 2 aliphatic rings. The zero-order valence-electron chi connectivity index (χ0n) is 9.71. The van der Waals surface area contributed by atoms with Crippen molar-refractivity contribution in [2.45, 2.75) is 12.1 Å². The molecule has 2 saturated heterocycles. The second-order valence-corrected chi connectivity index (χ2v) is 5.48. The van der Waals surface area contributed by atoms with E-state index in [0.29, 0.717) is 12.1 Å². The number of morpholine rings is 1.